The summed E-state index contributed by atoms with van der Waals surface area (Å²) in [5.74, 6) is -4.31. The van der Waals surface area contributed by atoms with Gasteiger partial charge in [0.05, 0.1) is 6.42 Å². The maximum absolute atomic E-state index is 12.5. The van der Waals surface area contributed by atoms with E-state index in [1.807, 2.05) is 6.07 Å². The van der Waals surface area contributed by atoms with Crippen LogP contribution in [0.2, 0.25) is 0 Å². The number of carbonyl (C=O) groups is 1. The van der Waals surface area contributed by atoms with Crippen molar-refractivity contribution in [3.63, 3.8) is 0 Å². The van der Waals surface area contributed by atoms with E-state index in [-0.39, 0.29) is 17.0 Å². The Hall–Kier alpha value is -2.71. The van der Waals surface area contributed by atoms with E-state index in [2.05, 4.69) is 0 Å². The van der Waals surface area contributed by atoms with Gasteiger partial charge in [-0.3, -0.25) is 4.79 Å². The molecule has 0 saturated heterocycles. The molecule has 3 N–H and O–H groups in total. The van der Waals surface area contributed by atoms with Gasteiger partial charge in [-0.15, -0.1) is 0 Å². The summed E-state index contributed by atoms with van der Waals surface area (Å²) in [5.41, 5.74) is 0.399. The van der Waals surface area contributed by atoms with Crippen molar-refractivity contribution in [1.82, 2.24) is 0 Å². The van der Waals surface area contributed by atoms with Gasteiger partial charge in [-0.25, -0.2) is 0 Å². The first kappa shape index (κ1) is 19.6. The van der Waals surface area contributed by atoms with Crippen LogP contribution in [0.1, 0.15) is 22.3 Å². The van der Waals surface area contributed by atoms with Gasteiger partial charge in [-0.05, 0) is 29.8 Å². The first-order chi connectivity index (χ1) is 12.0. The number of anilines is 1. The Morgan fingerprint density at radius 2 is 1.50 bits per heavy atom. The zero-order valence-electron chi connectivity index (χ0n) is 13.8. The summed E-state index contributed by atoms with van der Waals surface area (Å²) in [7, 11) is 1.59. The average molecular weight is 366 g/mol. The smallest absolute Gasteiger partial charge is 0.358 e. The van der Waals surface area contributed by atoms with Crippen molar-refractivity contribution < 1.29 is 28.2 Å². The molecular weight excluding hydrogens is 349 g/mol. The van der Waals surface area contributed by atoms with E-state index in [0.717, 1.165) is 0 Å². The summed E-state index contributed by atoms with van der Waals surface area (Å²) in [6.45, 7) is 0. The van der Waals surface area contributed by atoms with Gasteiger partial charge < -0.3 is 20.5 Å². The molecule has 0 spiro atoms. The molecule has 0 aromatic heterocycles. The summed E-state index contributed by atoms with van der Waals surface area (Å²) in [6.07, 6.45) is -6.58. The van der Waals surface area contributed by atoms with Crippen LogP contribution in [0.3, 0.4) is 0 Å². The fraction of sp³-hybridized carbons (Fsp3) is 0.222. The fourth-order valence-corrected chi connectivity index (χ4v) is 2.23. The van der Waals surface area contributed by atoms with E-state index >= 15 is 0 Å². The molecule has 0 aliphatic heterocycles. The van der Waals surface area contributed by atoms with Gasteiger partial charge in [-0.1, -0.05) is 30.3 Å². The van der Waals surface area contributed by atoms with Crippen LogP contribution < -0.4 is 4.90 Å². The third-order valence-electron chi connectivity index (χ3n) is 3.81. The van der Waals surface area contributed by atoms with Crippen LogP contribution >= 0.6 is 0 Å². The number of amides is 1. The molecular formula is C18H17F3N2O3. The minimum Gasteiger partial charge on any atom is -0.358 e. The van der Waals surface area contributed by atoms with Crippen molar-refractivity contribution in [2.24, 2.45) is 0 Å². The van der Waals surface area contributed by atoms with Gasteiger partial charge >= 0.3 is 6.18 Å². The highest BCUT2D eigenvalue weighted by molar-refractivity contribution is 6.06. The first-order valence-electron chi connectivity index (χ1n) is 7.55. The second-order valence-corrected chi connectivity index (χ2v) is 5.75. The molecule has 26 heavy (non-hydrogen) atoms. The summed E-state index contributed by atoms with van der Waals surface area (Å²) in [5, 5.41) is 25.8. The number of benzene rings is 2. The highest BCUT2D eigenvalue weighted by Crippen LogP contribution is 2.31. The lowest BCUT2D eigenvalue weighted by Gasteiger charge is -2.24. The largest absolute Gasteiger partial charge is 0.443 e. The van der Waals surface area contributed by atoms with Crippen molar-refractivity contribution in [3.8, 4) is 0 Å². The predicted molar refractivity (Wildman–Crippen MR) is 90.3 cm³/mol. The zero-order valence-corrected chi connectivity index (χ0v) is 13.8. The normalized spacial score (nSPS) is 11.9. The SMILES string of the molecule is CN(C(=O)c1ccc(C(=N)CC(O)(O)C(F)(F)F)cc1)c1ccccc1. The van der Waals surface area contributed by atoms with Crippen molar-refractivity contribution in [2.75, 3.05) is 11.9 Å². The molecule has 2 aromatic carbocycles. The van der Waals surface area contributed by atoms with E-state index in [0.29, 0.717) is 5.69 Å². The maximum atomic E-state index is 12.5. The van der Waals surface area contributed by atoms with Gasteiger partial charge in [0.15, 0.2) is 0 Å². The standard InChI is InChI=1S/C18H17F3N2O3/c1-23(14-5-3-2-4-6-14)16(24)13-9-7-12(8-10-13)15(22)11-17(25,26)18(19,20)21/h2-10,22,25-26H,11H2,1H3. The second-order valence-electron chi connectivity index (χ2n) is 5.75. The topological polar surface area (TPSA) is 84.6 Å². The van der Waals surface area contributed by atoms with E-state index in [9.17, 15) is 18.0 Å². The number of nitrogens with zero attached hydrogens (tertiary/aromatic N) is 1. The Bertz CT molecular complexity index is 788. The number of hydrogen-bond acceptors (Lipinski definition) is 4. The summed E-state index contributed by atoms with van der Waals surface area (Å²) in [4.78, 5) is 13.8. The molecule has 0 fully saturated rings. The van der Waals surface area contributed by atoms with Crippen molar-refractivity contribution in [2.45, 2.75) is 18.4 Å². The zero-order chi connectivity index (χ0) is 19.5. The Morgan fingerprint density at radius 3 is 2.00 bits per heavy atom. The first-order valence-corrected chi connectivity index (χ1v) is 7.55. The predicted octanol–water partition coefficient (Wildman–Crippen LogP) is 2.96. The monoisotopic (exact) mass is 366 g/mol. The van der Waals surface area contributed by atoms with Gasteiger partial charge in [0.1, 0.15) is 0 Å². The second kappa shape index (κ2) is 7.27. The molecule has 2 aromatic rings. The summed E-state index contributed by atoms with van der Waals surface area (Å²) in [6, 6.07) is 14.2. The summed E-state index contributed by atoms with van der Waals surface area (Å²) >= 11 is 0. The molecule has 0 heterocycles. The van der Waals surface area contributed by atoms with Crippen LogP contribution in [0, 0.1) is 5.41 Å². The Kier molecular flexibility index (Phi) is 5.48. The Balaban J connectivity index is 2.13. The number of nitrogens with one attached hydrogen (secondary N) is 1. The van der Waals surface area contributed by atoms with Crippen LogP contribution in [0.15, 0.2) is 54.6 Å². The third-order valence-corrected chi connectivity index (χ3v) is 3.81. The van der Waals surface area contributed by atoms with Crippen molar-refractivity contribution in [1.29, 1.82) is 5.41 Å². The van der Waals surface area contributed by atoms with Crippen LogP contribution in [-0.4, -0.2) is 40.8 Å². The van der Waals surface area contributed by atoms with Gasteiger partial charge in [0.25, 0.3) is 11.7 Å². The van der Waals surface area contributed by atoms with Crippen LogP contribution in [-0.2, 0) is 0 Å². The minimum atomic E-state index is -5.27. The highest BCUT2D eigenvalue weighted by Gasteiger charge is 2.53. The molecule has 0 aliphatic rings. The number of hydrogen-bond donors (Lipinski definition) is 3. The van der Waals surface area contributed by atoms with Crippen LogP contribution in [0.25, 0.3) is 0 Å². The number of para-hydroxylation sites is 1. The van der Waals surface area contributed by atoms with E-state index < -0.39 is 24.1 Å². The van der Waals surface area contributed by atoms with Gasteiger partial charge in [0, 0.05) is 24.0 Å². The van der Waals surface area contributed by atoms with Crippen molar-refractivity contribution >= 4 is 17.3 Å². The molecule has 0 unspecified atom stereocenters. The molecule has 0 saturated carbocycles. The maximum Gasteiger partial charge on any atom is 0.443 e. The van der Waals surface area contributed by atoms with E-state index in [1.165, 1.54) is 29.2 Å². The molecule has 0 radical (unpaired) electrons. The molecule has 0 aliphatic carbocycles. The number of alkyl halides is 3. The van der Waals surface area contributed by atoms with E-state index in [1.54, 1.807) is 31.3 Å². The molecule has 0 atom stereocenters. The molecule has 1 amide bonds. The number of carbonyl (C=O) groups excluding carboxylic acids is 1. The van der Waals surface area contributed by atoms with Gasteiger partial charge in [-0.2, -0.15) is 13.2 Å². The highest BCUT2D eigenvalue weighted by atomic mass is 19.4. The third kappa shape index (κ3) is 4.27. The molecule has 8 heteroatoms. The Labute approximate surface area is 147 Å². The molecule has 2 rings (SSSR count). The molecule has 138 valence electrons. The van der Waals surface area contributed by atoms with E-state index in [4.69, 9.17) is 15.6 Å². The van der Waals surface area contributed by atoms with Crippen molar-refractivity contribution in [3.05, 3.63) is 65.7 Å². The van der Waals surface area contributed by atoms with Crippen LogP contribution in [0.5, 0.6) is 0 Å². The number of aliphatic hydroxyl groups is 2. The Morgan fingerprint density at radius 1 is 1.00 bits per heavy atom. The molecule has 0 bridgehead atoms. The van der Waals surface area contributed by atoms with Gasteiger partial charge in [0.2, 0.25) is 0 Å². The minimum absolute atomic E-state index is 0.0561. The molecule has 5 nitrogen and oxygen atoms in total. The lowest BCUT2D eigenvalue weighted by Crippen LogP contribution is -2.46. The fourth-order valence-electron chi connectivity index (χ4n) is 2.23. The van der Waals surface area contributed by atoms with Crippen LogP contribution in [0.4, 0.5) is 18.9 Å². The summed E-state index contributed by atoms with van der Waals surface area (Å²) < 4.78 is 37.4. The quantitative estimate of drug-likeness (QED) is 0.562. The number of rotatable bonds is 5. The average Bonchev–Trinajstić information content (AvgIpc) is 2.60. The lowest BCUT2D eigenvalue weighted by molar-refractivity contribution is -0.344. The lowest BCUT2D eigenvalue weighted by atomic mass is 10.0. The number of halogens is 3.